The average Bonchev–Trinajstić information content (AvgIpc) is 3.22. The third-order valence-electron chi connectivity index (χ3n) is 12.1. The van der Waals surface area contributed by atoms with Crippen LogP contribution in [0.3, 0.4) is 0 Å². The molecule has 0 radical (unpaired) electrons. The minimum Gasteiger partial charge on any atom is -0.317 e. The summed E-state index contributed by atoms with van der Waals surface area (Å²) in [5.41, 5.74) is 0.372. The zero-order valence-corrected chi connectivity index (χ0v) is 27.7. The monoisotopic (exact) mass is 606 g/mol. The molecular formula is C32H58N6O3S. The summed E-state index contributed by atoms with van der Waals surface area (Å²) >= 11 is 0. The van der Waals surface area contributed by atoms with Crippen LogP contribution in [0.2, 0.25) is 0 Å². The molecule has 5 heterocycles. The quantitative estimate of drug-likeness (QED) is 0.360. The Hall–Kier alpha value is -0.780. The van der Waals surface area contributed by atoms with Crippen LogP contribution in [-0.4, -0.2) is 85.6 Å². The van der Waals surface area contributed by atoms with Crippen LogP contribution in [0.5, 0.6) is 0 Å². The molecule has 10 heteroatoms. The average molecular weight is 607 g/mol. The Bertz CT molecular complexity index is 1090. The van der Waals surface area contributed by atoms with E-state index in [2.05, 4.69) is 65.1 Å². The fraction of sp³-hybridized carbons (Fsp3) is 0.969. The third-order valence-corrected chi connectivity index (χ3v) is 13.8. The van der Waals surface area contributed by atoms with Gasteiger partial charge in [0.1, 0.15) is 5.37 Å². The summed E-state index contributed by atoms with van der Waals surface area (Å²) in [4.78, 5) is 18.9. The van der Waals surface area contributed by atoms with Gasteiger partial charge in [0, 0.05) is 24.2 Å². The van der Waals surface area contributed by atoms with Crippen molar-refractivity contribution in [1.82, 2.24) is 30.5 Å². The number of nitrogens with one attached hydrogen (secondary N) is 4. The zero-order chi connectivity index (χ0) is 29.9. The number of hydrogen-bond acceptors (Lipinski definition) is 8. The van der Waals surface area contributed by atoms with Gasteiger partial charge in [-0.15, -0.1) is 0 Å². The van der Waals surface area contributed by atoms with E-state index in [1.54, 1.807) is 0 Å². The van der Waals surface area contributed by atoms with Crippen molar-refractivity contribution in [2.75, 3.05) is 26.2 Å². The number of piperidine rings is 3. The molecule has 240 valence electrons. The number of fused-ring (bicyclic) bond motifs is 6. The molecule has 6 unspecified atom stereocenters. The first-order valence-electron chi connectivity index (χ1n) is 17.1. The van der Waals surface area contributed by atoms with Crippen LogP contribution >= 0.6 is 0 Å². The van der Waals surface area contributed by atoms with Crippen molar-refractivity contribution < 1.29 is 13.2 Å². The molecule has 42 heavy (non-hydrogen) atoms. The lowest BCUT2D eigenvalue weighted by molar-refractivity contribution is -0.129. The van der Waals surface area contributed by atoms with Crippen molar-refractivity contribution >= 4 is 15.9 Å². The van der Waals surface area contributed by atoms with Gasteiger partial charge < -0.3 is 10.6 Å². The summed E-state index contributed by atoms with van der Waals surface area (Å²) in [6.45, 7) is 15.4. The molecule has 1 saturated carbocycles. The first kappa shape index (κ1) is 31.2. The van der Waals surface area contributed by atoms with Gasteiger partial charge in [-0.1, -0.05) is 20.8 Å². The van der Waals surface area contributed by atoms with E-state index < -0.39 is 21.3 Å². The Kier molecular flexibility index (Phi) is 8.58. The first-order chi connectivity index (χ1) is 19.8. The second-order valence-corrected chi connectivity index (χ2v) is 18.4. The smallest absolute Gasteiger partial charge is 0.251 e. The van der Waals surface area contributed by atoms with Gasteiger partial charge in [-0.05, 0) is 127 Å². The number of hydrogen-bond donors (Lipinski definition) is 4. The Balaban J connectivity index is 1.29. The molecule has 7 atom stereocenters. The number of nitrogens with zero attached hydrogens (tertiary/aromatic N) is 2. The second kappa shape index (κ2) is 11.5. The summed E-state index contributed by atoms with van der Waals surface area (Å²) in [6, 6.07) is 0.535. The molecule has 5 aliphatic heterocycles. The number of sulfonamides is 1. The van der Waals surface area contributed by atoms with Crippen molar-refractivity contribution in [1.29, 1.82) is 0 Å². The van der Waals surface area contributed by atoms with Crippen LogP contribution in [0.15, 0.2) is 0 Å². The number of carbonyl (C=O) groups is 1. The largest absolute Gasteiger partial charge is 0.317 e. The molecule has 1 spiro atoms. The summed E-state index contributed by atoms with van der Waals surface area (Å²) in [5, 5.41) is 10.5. The van der Waals surface area contributed by atoms with Gasteiger partial charge in [-0.3, -0.25) is 24.6 Å². The molecule has 6 aliphatic rings. The lowest BCUT2D eigenvalue weighted by Gasteiger charge is -2.58. The SMILES string of the molecule is CC(C)(C)C1CCC2C(=O)NS(=O)(=O)C3CCCC(NCCC[C@@H]4CN(C2N1)C(C)(C)C4)N3C1CC2(CCNCC2)C1. The van der Waals surface area contributed by atoms with E-state index in [1.807, 2.05) is 0 Å². The molecule has 6 rings (SSSR count). The predicted molar refractivity (Wildman–Crippen MR) is 167 cm³/mol. The molecule has 0 aromatic heterocycles. The van der Waals surface area contributed by atoms with Gasteiger partial charge in [-0.25, -0.2) is 8.42 Å². The number of amides is 1. The first-order valence-corrected chi connectivity index (χ1v) is 18.6. The molecular weight excluding hydrogens is 548 g/mol. The second-order valence-electron chi connectivity index (χ2n) is 16.5. The lowest BCUT2D eigenvalue weighted by atomic mass is 9.60. The Morgan fingerprint density at radius 3 is 2.36 bits per heavy atom. The normalized spacial score (nSPS) is 41.2. The van der Waals surface area contributed by atoms with Crippen LogP contribution in [0.4, 0.5) is 0 Å². The maximum atomic E-state index is 14.2. The van der Waals surface area contributed by atoms with E-state index in [-0.39, 0.29) is 41.3 Å². The molecule has 0 aromatic rings. The van der Waals surface area contributed by atoms with E-state index in [4.69, 9.17) is 0 Å². The summed E-state index contributed by atoms with van der Waals surface area (Å²) in [6.07, 6.45) is 11.8. The van der Waals surface area contributed by atoms with E-state index in [0.29, 0.717) is 24.2 Å². The van der Waals surface area contributed by atoms with Crippen LogP contribution < -0.4 is 20.7 Å². The highest BCUT2D eigenvalue weighted by molar-refractivity contribution is 7.90. The molecule has 1 aliphatic carbocycles. The van der Waals surface area contributed by atoms with Gasteiger partial charge in [0.25, 0.3) is 10.0 Å². The van der Waals surface area contributed by atoms with E-state index in [1.165, 1.54) is 12.8 Å². The van der Waals surface area contributed by atoms with Crippen LogP contribution in [0.1, 0.15) is 112 Å². The molecule has 4 bridgehead atoms. The summed E-state index contributed by atoms with van der Waals surface area (Å²) in [7, 11) is -3.88. The highest BCUT2D eigenvalue weighted by Gasteiger charge is 2.54. The lowest BCUT2D eigenvalue weighted by Crippen LogP contribution is -2.67. The molecule has 4 N–H and O–H groups in total. The summed E-state index contributed by atoms with van der Waals surface area (Å²) < 4.78 is 31.2. The topological polar surface area (TPSA) is 106 Å². The fourth-order valence-corrected chi connectivity index (χ4v) is 11.4. The van der Waals surface area contributed by atoms with Gasteiger partial charge in [0.2, 0.25) is 5.91 Å². The zero-order valence-electron chi connectivity index (χ0n) is 26.9. The minimum atomic E-state index is -3.88. The Morgan fingerprint density at radius 1 is 0.905 bits per heavy atom. The van der Waals surface area contributed by atoms with Crippen LogP contribution in [-0.2, 0) is 14.8 Å². The Morgan fingerprint density at radius 2 is 1.64 bits per heavy atom. The van der Waals surface area contributed by atoms with Crippen molar-refractivity contribution in [3.8, 4) is 0 Å². The molecule has 6 fully saturated rings. The van der Waals surface area contributed by atoms with Crippen molar-refractivity contribution in [3.63, 3.8) is 0 Å². The Labute approximate surface area is 255 Å². The molecule has 0 aromatic carbocycles. The molecule has 5 saturated heterocycles. The summed E-state index contributed by atoms with van der Waals surface area (Å²) in [5.74, 6) is -0.126. The van der Waals surface area contributed by atoms with Gasteiger partial charge in [-0.2, -0.15) is 0 Å². The number of rotatable bonds is 1. The predicted octanol–water partition coefficient (Wildman–Crippen LogP) is 3.33. The van der Waals surface area contributed by atoms with Gasteiger partial charge >= 0.3 is 0 Å². The maximum absolute atomic E-state index is 14.2. The minimum absolute atomic E-state index is 0.0495. The molecule has 1 amide bonds. The van der Waals surface area contributed by atoms with Crippen molar-refractivity contribution in [2.45, 2.75) is 147 Å². The van der Waals surface area contributed by atoms with Crippen LogP contribution in [0.25, 0.3) is 0 Å². The van der Waals surface area contributed by atoms with Gasteiger partial charge in [0.15, 0.2) is 0 Å². The third kappa shape index (κ3) is 6.06. The van der Waals surface area contributed by atoms with Crippen molar-refractivity contribution in [3.05, 3.63) is 0 Å². The standard InChI is InChI=1S/C32H58N6O3S/c1-30(2,3)25-12-11-24-28(35-25)37-21-22(18-31(37,4)5)8-7-15-34-26-9-6-10-27(42(40,41)36-29(24)39)38(26)23-19-32(20-23)13-16-33-17-14-32/h22-28,33-35H,6-21H2,1-5H3,(H,36,39)/t22-,24?,25?,26?,27?,28?/m0/s1. The van der Waals surface area contributed by atoms with E-state index in [0.717, 1.165) is 77.5 Å². The van der Waals surface area contributed by atoms with Crippen molar-refractivity contribution in [2.24, 2.45) is 22.7 Å². The fourth-order valence-electron chi connectivity index (χ4n) is 9.73. The highest BCUT2D eigenvalue weighted by Crippen LogP contribution is 2.52. The van der Waals surface area contributed by atoms with E-state index >= 15 is 0 Å². The highest BCUT2D eigenvalue weighted by atomic mass is 32.2. The number of carbonyl (C=O) groups excluding carboxylic acids is 1. The van der Waals surface area contributed by atoms with Gasteiger partial charge in [0.05, 0.1) is 18.2 Å². The molecule has 9 nitrogen and oxygen atoms in total. The van der Waals surface area contributed by atoms with Crippen LogP contribution in [0, 0.1) is 22.7 Å². The maximum Gasteiger partial charge on any atom is 0.251 e. The van der Waals surface area contributed by atoms with E-state index in [9.17, 15) is 13.2 Å².